The van der Waals surface area contributed by atoms with Gasteiger partial charge in [-0.15, -0.1) is 0 Å². The number of carboxylic acid groups (broad SMARTS) is 1. The molecule has 0 aromatic heterocycles. The summed E-state index contributed by atoms with van der Waals surface area (Å²) in [6.45, 7) is 1.67. The van der Waals surface area contributed by atoms with Gasteiger partial charge in [0.25, 0.3) is 0 Å². The summed E-state index contributed by atoms with van der Waals surface area (Å²) < 4.78 is 5.58. The van der Waals surface area contributed by atoms with Gasteiger partial charge >= 0.3 is 6.09 Å². The summed E-state index contributed by atoms with van der Waals surface area (Å²) in [7, 11) is 0. The van der Waals surface area contributed by atoms with Gasteiger partial charge < -0.3 is 14.7 Å². The molecule has 0 unspecified atom stereocenters. The smallest absolute Gasteiger partial charge is 0.407 e. The van der Waals surface area contributed by atoms with E-state index in [-0.39, 0.29) is 6.04 Å². The van der Waals surface area contributed by atoms with Crippen LogP contribution >= 0.6 is 0 Å². The SMILES string of the molecule is O=C(O)N1CCC[C@@H]1COCc1ccccc1. The maximum atomic E-state index is 10.9. The number of hydrogen-bond donors (Lipinski definition) is 1. The van der Waals surface area contributed by atoms with Gasteiger partial charge in [0.05, 0.1) is 19.3 Å². The van der Waals surface area contributed by atoms with Crippen molar-refractivity contribution in [1.29, 1.82) is 0 Å². The van der Waals surface area contributed by atoms with Crippen molar-refractivity contribution in [1.82, 2.24) is 4.90 Å². The van der Waals surface area contributed by atoms with E-state index < -0.39 is 6.09 Å². The number of benzene rings is 1. The van der Waals surface area contributed by atoms with Crippen LogP contribution in [0, 0.1) is 0 Å². The van der Waals surface area contributed by atoms with E-state index in [9.17, 15) is 4.79 Å². The van der Waals surface area contributed by atoms with Crippen LogP contribution in [0.3, 0.4) is 0 Å². The highest BCUT2D eigenvalue weighted by Crippen LogP contribution is 2.17. The van der Waals surface area contributed by atoms with Crippen LogP contribution in [0.15, 0.2) is 30.3 Å². The zero-order chi connectivity index (χ0) is 12.1. The van der Waals surface area contributed by atoms with Crippen molar-refractivity contribution in [3.63, 3.8) is 0 Å². The lowest BCUT2D eigenvalue weighted by Gasteiger charge is -2.21. The van der Waals surface area contributed by atoms with Gasteiger partial charge in [-0.05, 0) is 18.4 Å². The Labute approximate surface area is 101 Å². The van der Waals surface area contributed by atoms with Crippen molar-refractivity contribution in [2.24, 2.45) is 0 Å². The van der Waals surface area contributed by atoms with Crippen LogP contribution in [0.25, 0.3) is 0 Å². The minimum Gasteiger partial charge on any atom is -0.465 e. The highest BCUT2D eigenvalue weighted by atomic mass is 16.5. The number of amides is 1. The molecule has 4 nitrogen and oxygen atoms in total. The topological polar surface area (TPSA) is 49.8 Å². The minimum atomic E-state index is -0.837. The van der Waals surface area contributed by atoms with Crippen molar-refractivity contribution in [3.8, 4) is 0 Å². The number of hydrogen-bond acceptors (Lipinski definition) is 2. The van der Waals surface area contributed by atoms with Crippen molar-refractivity contribution in [3.05, 3.63) is 35.9 Å². The van der Waals surface area contributed by atoms with Crippen LogP contribution in [0.4, 0.5) is 4.79 Å². The van der Waals surface area contributed by atoms with Crippen LogP contribution < -0.4 is 0 Å². The van der Waals surface area contributed by atoms with E-state index in [2.05, 4.69) is 0 Å². The molecular weight excluding hydrogens is 218 g/mol. The fourth-order valence-corrected chi connectivity index (χ4v) is 2.15. The first kappa shape index (κ1) is 11.9. The number of carbonyl (C=O) groups is 1. The molecule has 1 atom stereocenters. The second kappa shape index (κ2) is 5.68. The fourth-order valence-electron chi connectivity index (χ4n) is 2.15. The quantitative estimate of drug-likeness (QED) is 0.871. The average molecular weight is 235 g/mol. The Balaban J connectivity index is 1.77. The third-order valence-corrected chi connectivity index (χ3v) is 3.04. The van der Waals surface area contributed by atoms with E-state index in [1.807, 2.05) is 30.3 Å². The zero-order valence-electron chi connectivity index (χ0n) is 9.71. The molecule has 0 aliphatic carbocycles. The lowest BCUT2D eigenvalue weighted by atomic mass is 10.2. The van der Waals surface area contributed by atoms with Crippen LogP contribution in [-0.4, -0.2) is 35.3 Å². The molecule has 0 radical (unpaired) electrons. The molecule has 17 heavy (non-hydrogen) atoms. The third kappa shape index (κ3) is 3.20. The van der Waals surface area contributed by atoms with E-state index in [4.69, 9.17) is 9.84 Å². The minimum absolute atomic E-state index is 0.0243. The van der Waals surface area contributed by atoms with Crippen LogP contribution in [0.1, 0.15) is 18.4 Å². The van der Waals surface area contributed by atoms with Gasteiger partial charge in [0.1, 0.15) is 0 Å². The second-order valence-electron chi connectivity index (χ2n) is 4.27. The predicted molar refractivity (Wildman–Crippen MR) is 63.9 cm³/mol. The number of nitrogens with zero attached hydrogens (tertiary/aromatic N) is 1. The van der Waals surface area contributed by atoms with E-state index in [1.165, 1.54) is 4.90 Å². The second-order valence-corrected chi connectivity index (χ2v) is 4.27. The summed E-state index contributed by atoms with van der Waals surface area (Å²) in [6, 6.07) is 9.94. The van der Waals surface area contributed by atoms with Crippen molar-refractivity contribution in [2.75, 3.05) is 13.2 Å². The first-order valence-electron chi connectivity index (χ1n) is 5.88. The Morgan fingerprint density at radius 3 is 2.88 bits per heavy atom. The normalized spacial score (nSPS) is 19.5. The Morgan fingerprint density at radius 2 is 2.18 bits per heavy atom. The van der Waals surface area contributed by atoms with Gasteiger partial charge in [0, 0.05) is 6.54 Å². The molecule has 4 heteroatoms. The maximum absolute atomic E-state index is 10.9. The van der Waals surface area contributed by atoms with Gasteiger partial charge in [-0.25, -0.2) is 4.79 Å². The lowest BCUT2D eigenvalue weighted by molar-refractivity contribution is 0.0643. The summed E-state index contributed by atoms with van der Waals surface area (Å²) in [5.41, 5.74) is 1.12. The van der Waals surface area contributed by atoms with Crippen molar-refractivity contribution < 1.29 is 14.6 Å². The first-order chi connectivity index (χ1) is 8.27. The van der Waals surface area contributed by atoms with Crippen LogP contribution in [0.5, 0.6) is 0 Å². The monoisotopic (exact) mass is 235 g/mol. The van der Waals surface area contributed by atoms with Crippen molar-refractivity contribution in [2.45, 2.75) is 25.5 Å². The Morgan fingerprint density at radius 1 is 1.41 bits per heavy atom. The lowest BCUT2D eigenvalue weighted by Crippen LogP contribution is -2.37. The summed E-state index contributed by atoms with van der Waals surface area (Å²) in [4.78, 5) is 12.4. The van der Waals surface area contributed by atoms with Gasteiger partial charge in [-0.2, -0.15) is 0 Å². The molecule has 1 saturated heterocycles. The van der Waals surface area contributed by atoms with Crippen LogP contribution in [0.2, 0.25) is 0 Å². The molecule has 1 aromatic carbocycles. The molecule has 1 aliphatic heterocycles. The molecule has 0 bridgehead atoms. The van der Waals surface area contributed by atoms with Gasteiger partial charge in [-0.1, -0.05) is 30.3 Å². The largest absolute Gasteiger partial charge is 0.465 e. The average Bonchev–Trinajstić information content (AvgIpc) is 2.79. The third-order valence-electron chi connectivity index (χ3n) is 3.04. The number of rotatable bonds is 4. The summed E-state index contributed by atoms with van der Waals surface area (Å²) in [5.74, 6) is 0. The fraction of sp³-hybridized carbons (Fsp3) is 0.462. The Bertz CT molecular complexity index is 366. The van der Waals surface area contributed by atoms with E-state index in [1.54, 1.807) is 0 Å². The van der Waals surface area contributed by atoms with E-state index in [0.29, 0.717) is 19.8 Å². The molecule has 2 rings (SSSR count). The van der Waals surface area contributed by atoms with E-state index >= 15 is 0 Å². The molecule has 0 spiro atoms. The summed E-state index contributed by atoms with van der Waals surface area (Å²) in [6.07, 6.45) is 1.00. The van der Waals surface area contributed by atoms with Crippen LogP contribution in [-0.2, 0) is 11.3 Å². The standard InChI is InChI=1S/C13H17NO3/c15-13(16)14-8-4-7-12(14)10-17-9-11-5-2-1-3-6-11/h1-3,5-6,12H,4,7-10H2,(H,15,16)/t12-/m1/s1. The first-order valence-corrected chi connectivity index (χ1v) is 5.88. The molecule has 1 N–H and O–H groups in total. The number of ether oxygens (including phenoxy) is 1. The number of likely N-dealkylation sites (tertiary alicyclic amines) is 1. The highest BCUT2D eigenvalue weighted by molar-refractivity contribution is 5.65. The van der Waals surface area contributed by atoms with E-state index in [0.717, 1.165) is 18.4 Å². The molecule has 92 valence electrons. The molecular formula is C13H17NO3. The van der Waals surface area contributed by atoms with Crippen molar-refractivity contribution >= 4 is 6.09 Å². The highest BCUT2D eigenvalue weighted by Gasteiger charge is 2.28. The Hall–Kier alpha value is -1.55. The molecule has 1 fully saturated rings. The summed E-state index contributed by atoms with van der Waals surface area (Å²) in [5, 5.41) is 8.97. The zero-order valence-corrected chi connectivity index (χ0v) is 9.71. The molecule has 1 aromatic rings. The summed E-state index contributed by atoms with van der Waals surface area (Å²) >= 11 is 0. The van der Waals surface area contributed by atoms with Gasteiger partial charge in [-0.3, -0.25) is 0 Å². The molecule has 1 amide bonds. The van der Waals surface area contributed by atoms with Gasteiger partial charge in [0.2, 0.25) is 0 Å². The molecule has 1 aliphatic rings. The Kier molecular flexibility index (Phi) is 3.98. The predicted octanol–water partition coefficient (Wildman–Crippen LogP) is 2.35. The van der Waals surface area contributed by atoms with Gasteiger partial charge in [0.15, 0.2) is 0 Å². The molecule has 1 heterocycles. The molecule has 0 saturated carbocycles. The maximum Gasteiger partial charge on any atom is 0.407 e.